The topological polar surface area (TPSA) is 95.9 Å². The van der Waals surface area contributed by atoms with Crippen molar-refractivity contribution in [3.8, 4) is 11.3 Å². The molecule has 1 aliphatic carbocycles. The summed E-state index contributed by atoms with van der Waals surface area (Å²) < 4.78 is 26.7. The van der Waals surface area contributed by atoms with Crippen LogP contribution in [0.5, 0.6) is 0 Å². The zero-order valence-electron chi connectivity index (χ0n) is 14.5. The summed E-state index contributed by atoms with van der Waals surface area (Å²) in [7, 11) is 0. The van der Waals surface area contributed by atoms with Crippen molar-refractivity contribution in [2.75, 3.05) is 0 Å². The Balaban J connectivity index is 0.000000151. The molecule has 0 radical (unpaired) electrons. The van der Waals surface area contributed by atoms with Gasteiger partial charge < -0.3 is 4.98 Å². The lowest BCUT2D eigenvalue weighted by atomic mass is 10.1. The first-order valence-corrected chi connectivity index (χ1v) is 8.58. The molecule has 1 saturated carbocycles. The molecule has 5 rings (SSSR count). The van der Waals surface area contributed by atoms with Crippen LogP contribution in [0, 0.1) is 11.6 Å². The summed E-state index contributed by atoms with van der Waals surface area (Å²) >= 11 is 0. The number of nitrogens with one attached hydrogen (secondary N) is 2. The van der Waals surface area contributed by atoms with E-state index in [9.17, 15) is 18.4 Å². The molecule has 1 fully saturated rings. The predicted octanol–water partition coefficient (Wildman–Crippen LogP) is 2.62. The number of imidazole rings is 1. The van der Waals surface area contributed by atoms with E-state index in [1.165, 1.54) is 18.3 Å². The highest BCUT2D eigenvalue weighted by Crippen LogP contribution is 2.40. The van der Waals surface area contributed by atoms with Crippen molar-refractivity contribution in [1.82, 2.24) is 24.6 Å². The average molecular weight is 383 g/mol. The third-order valence-electron chi connectivity index (χ3n) is 4.28. The fourth-order valence-electron chi connectivity index (χ4n) is 2.79. The number of benzene rings is 1. The molecule has 3 heterocycles. The number of rotatable bonds is 2. The van der Waals surface area contributed by atoms with Crippen LogP contribution in [0.15, 0.2) is 58.5 Å². The summed E-state index contributed by atoms with van der Waals surface area (Å²) in [5.41, 5.74) is 1.26. The molecular weight excluding hydrogens is 368 g/mol. The first-order valence-electron chi connectivity index (χ1n) is 8.58. The van der Waals surface area contributed by atoms with Gasteiger partial charge in [-0.3, -0.25) is 9.78 Å². The minimum atomic E-state index is -0.539. The second-order valence-corrected chi connectivity index (χ2v) is 6.41. The number of aromatic nitrogens is 5. The van der Waals surface area contributed by atoms with Crippen molar-refractivity contribution >= 4 is 5.65 Å². The van der Waals surface area contributed by atoms with Crippen LogP contribution in [0.3, 0.4) is 0 Å². The second kappa shape index (κ2) is 7.18. The zero-order chi connectivity index (χ0) is 19.7. The predicted molar refractivity (Wildman–Crippen MR) is 98.0 cm³/mol. The Kier molecular flexibility index (Phi) is 4.56. The maximum Gasteiger partial charge on any atom is 0.325 e. The summed E-state index contributed by atoms with van der Waals surface area (Å²) in [6.07, 6.45) is 6.78. The first kappa shape index (κ1) is 17.8. The first-order chi connectivity index (χ1) is 13.5. The molecule has 1 aromatic carbocycles. The highest BCUT2D eigenvalue weighted by atomic mass is 19.1. The molecular formula is C19H15F2N5O2. The van der Waals surface area contributed by atoms with Gasteiger partial charge in [0.15, 0.2) is 5.65 Å². The number of nitrogens with zero attached hydrogens (tertiary/aromatic N) is 3. The number of aromatic amines is 2. The van der Waals surface area contributed by atoms with Gasteiger partial charge in [-0.05, 0) is 48.6 Å². The molecule has 0 atom stereocenters. The molecule has 142 valence electrons. The average Bonchev–Trinajstić information content (AvgIpc) is 3.39. The van der Waals surface area contributed by atoms with Crippen molar-refractivity contribution in [3.05, 3.63) is 87.0 Å². The van der Waals surface area contributed by atoms with Gasteiger partial charge in [0.05, 0.1) is 11.3 Å². The van der Waals surface area contributed by atoms with Crippen LogP contribution < -0.4 is 11.2 Å². The highest BCUT2D eigenvalue weighted by molar-refractivity contribution is 5.57. The Labute approximate surface area is 156 Å². The Morgan fingerprint density at radius 3 is 2.50 bits per heavy atom. The highest BCUT2D eigenvalue weighted by Gasteiger charge is 2.24. The van der Waals surface area contributed by atoms with E-state index >= 15 is 0 Å². The van der Waals surface area contributed by atoms with E-state index < -0.39 is 22.9 Å². The van der Waals surface area contributed by atoms with Crippen molar-refractivity contribution in [3.63, 3.8) is 0 Å². The lowest BCUT2D eigenvalue weighted by Gasteiger charge is -1.99. The summed E-state index contributed by atoms with van der Waals surface area (Å²) in [6, 6.07) is 7.16. The lowest BCUT2D eigenvalue weighted by Crippen LogP contribution is -2.22. The van der Waals surface area contributed by atoms with Crippen molar-refractivity contribution in [1.29, 1.82) is 0 Å². The molecule has 0 aliphatic heterocycles. The molecule has 0 unspecified atom stereocenters. The Morgan fingerprint density at radius 2 is 1.82 bits per heavy atom. The van der Waals surface area contributed by atoms with Gasteiger partial charge in [-0.15, -0.1) is 0 Å². The van der Waals surface area contributed by atoms with E-state index in [1.54, 1.807) is 29.0 Å². The number of H-pyrrole nitrogens is 2. The van der Waals surface area contributed by atoms with Crippen LogP contribution in [0.4, 0.5) is 8.78 Å². The van der Waals surface area contributed by atoms with Gasteiger partial charge in [0.25, 0.3) is 5.56 Å². The van der Waals surface area contributed by atoms with E-state index in [0.29, 0.717) is 22.8 Å². The summed E-state index contributed by atoms with van der Waals surface area (Å²) in [4.78, 5) is 31.1. The number of fused-ring (bicyclic) bond motifs is 1. The normalized spacial score (nSPS) is 13.2. The van der Waals surface area contributed by atoms with Crippen LogP contribution >= 0.6 is 0 Å². The van der Waals surface area contributed by atoms with Gasteiger partial charge in [0.1, 0.15) is 11.6 Å². The van der Waals surface area contributed by atoms with Crippen LogP contribution in [-0.2, 0) is 0 Å². The quantitative estimate of drug-likeness (QED) is 0.556. The van der Waals surface area contributed by atoms with Crippen LogP contribution in [0.2, 0.25) is 0 Å². The third kappa shape index (κ3) is 3.88. The molecule has 0 bridgehead atoms. The molecule has 28 heavy (non-hydrogen) atoms. The van der Waals surface area contributed by atoms with Gasteiger partial charge in [0, 0.05) is 24.7 Å². The van der Waals surface area contributed by atoms with Crippen LogP contribution in [0.25, 0.3) is 16.9 Å². The molecule has 0 amide bonds. The van der Waals surface area contributed by atoms with E-state index in [-0.39, 0.29) is 0 Å². The lowest BCUT2D eigenvalue weighted by molar-refractivity contribution is 0.580. The van der Waals surface area contributed by atoms with Gasteiger partial charge in [0.2, 0.25) is 0 Å². The third-order valence-corrected chi connectivity index (χ3v) is 4.28. The molecule has 7 nitrogen and oxygen atoms in total. The van der Waals surface area contributed by atoms with E-state index in [4.69, 9.17) is 0 Å². The van der Waals surface area contributed by atoms with Crippen molar-refractivity contribution in [2.24, 2.45) is 0 Å². The standard InChI is InChI=1S/C10H7N5O2.C9H8F2/c16-9-6(5-12-10(17)13-9)7-1-2-8-11-3-4-15(8)14-7;10-8-3-7(6-1-2-6)4-9(11)5-8/h1-5H,(H2,12,13,16,17);3-6H,1-2H2. The molecule has 0 saturated heterocycles. The summed E-state index contributed by atoms with van der Waals surface area (Å²) in [5, 5.41) is 4.21. The fourth-order valence-corrected chi connectivity index (χ4v) is 2.79. The minimum absolute atomic E-state index is 0.306. The molecule has 9 heteroatoms. The smallest absolute Gasteiger partial charge is 0.313 e. The molecule has 4 aromatic rings. The Morgan fingerprint density at radius 1 is 1.07 bits per heavy atom. The van der Waals surface area contributed by atoms with Gasteiger partial charge in [-0.25, -0.2) is 23.1 Å². The summed E-state index contributed by atoms with van der Waals surface area (Å²) in [5.74, 6) is -0.515. The van der Waals surface area contributed by atoms with E-state index in [2.05, 4.69) is 20.1 Å². The number of hydrogen-bond acceptors (Lipinski definition) is 4. The number of hydrogen-bond donors (Lipinski definition) is 2. The maximum atomic E-state index is 12.6. The number of halogens is 2. The van der Waals surface area contributed by atoms with Crippen LogP contribution in [0.1, 0.15) is 24.3 Å². The zero-order valence-corrected chi connectivity index (χ0v) is 14.5. The Bertz CT molecular complexity index is 1240. The molecule has 1 aliphatic rings. The summed E-state index contributed by atoms with van der Waals surface area (Å²) in [6.45, 7) is 0. The largest absolute Gasteiger partial charge is 0.325 e. The van der Waals surface area contributed by atoms with E-state index in [1.807, 2.05) is 0 Å². The van der Waals surface area contributed by atoms with Crippen molar-refractivity contribution < 1.29 is 8.78 Å². The van der Waals surface area contributed by atoms with Gasteiger partial charge in [-0.1, -0.05) is 0 Å². The maximum absolute atomic E-state index is 12.6. The second-order valence-electron chi connectivity index (χ2n) is 6.41. The van der Waals surface area contributed by atoms with Gasteiger partial charge in [-0.2, -0.15) is 5.10 Å². The molecule has 0 spiro atoms. The van der Waals surface area contributed by atoms with Crippen molar-refractivity contribution in [2.45, 2.75) is 18.8 Å². The SMILES string of the molecule is Fc1cc(F)cc(C2CC2)c1.O=c1[nH]cc(-c2ccc3nccn3n2)c(=O)[nH]1. The minimum Gasteiger partial charge on any atom is -0.313 e. The Hall–Kier alpha value is -3.62. The molecule has 2 N–H and O–H groups in total. The fraction of sp³-hybridized carbons (Fsp3) is 0.158. The van der Waals surface area contributed by atoms with Crippen LogP contribution in [-0.4, -0.2) is 24.6 Å². The monoisotopic (exact) mass is 383 g/mol. The van der Waals surface area contributed by atoms with E-state index in [0.717, 1.165) is 24.5 Å². The molecule has 3 aromatic heterocycles. The van der Waals surface area contributed by atoms with Gasteiger partial charge >= 0.3 is 5.69 Å².